The number of ketones is 1. The van der Waals surface area contributed by atoms with Crippen LogP contribution in [0.3, 0.4) is 0 Å². The lowest BCUT2D eigenvalue weighted by atomic mass is 9.52. The van der Waals surface area contributed by atoms with E-state index in [1.165, 1.54) is 38.5 Å². The maximum Gasteiger partial charge on any atom is 0.180 e. The molecule has 0 aliphatic heterocycles. The summed E-state index contributed by atoms with van der Waals surface area (Å²) in [6, 6.07) is 2.23. The zero-order valence-electron chi connectivity index (χ0n) is 12.1. The number of carbonyl (C=O) groups is 1. The smallest absolute Gasteiger partial charge is 0.180 e. The van der Waals surface area contributed by atoms with Crippen LogP contribution in [0.25, 0.3) is 0 Å². The Bertz CT molecular complexity index is 492. The molecule has 3 heteroatoms. The third-order valence-corrected chi connectivity index (χ3v) is 6.29. The van der Waals surface area contributed by atoms with Gasteiger partial charge in [-0.05, 0) is 62.4 Å². The molecule has 0 saturated heterocycles. The zero-order chi connectivity index (χ0) is 13.9. The molecule has 5 rings (SSSR count). The van der Waals surface area contributed by atoms with E-state index in [4.69, 9.17) is 5.26 Å². The fourth-order valence-electron chi connectivity index (χ4n) is 5.76. The van der Waals surface area contributed by atoms with Gasteiger partial charge in [-0.2, -0.15) is 5.26 Å². The van der Waals surface area contributed by atoms with Crippen LogP contribution in [-0.2, 0) is 4.79 Å². The number of nitriles is 1. The van der Waals surface area contributed by atoms with Crippen molar-refractivity contribution in [3.8, 4) is 6.07 Å². The number of rotatable bonds is 2. The van der Waals surface area contributed by atoms with Crippen LogP contribution < -0.4 is 0 Å². The Morgan fingerprint density at radius 3 is 2.20 bits per heavy atom. The van der Waals surface area contributed by atoms with Crippen LogP contribution in [0.15, 0.2) is 11.8 Å². The molecule has 3 nitrogen and oxygen atoms in total. The lowest BCUT2D eigenvalue weighted by Gasteiger charge is -2.60. The van der Waals surface area contributed by atoms with E-state index < -0.39 is 0 Å². The van der Waals surface area contributed by atoms with E-state index in [9.17, 15) is 4.79 Å². The summed E-state index contributed by atoms with van der Waals surface area (Å²) < 4.78 is 0. The summed E-state index contributed by atoms with van der Waals surface area (Å²) in [5, 5.41) is 9.05. The molecule has 4 saturated carbocycles. The number of carbonyl (C=O) groups excluding carboxylic acids is 1. The number of hydrogen-bond acceptors (Lipinski definition) is 3. The van der Waals surface area contributed by atoms with Gasteiger partial charge in [0.2, 0.25) is 0 Å². The van der Waals surface area contributed by atoms with Crippen LogP contribution in [0.2, 0.25) is 0 Å². The second-order valence-electron chi connectivity index (χ2n) is 7.62. The highest BCUT2D eigenvalue weighted by atomic mass is 16.1. The molecule has 5 aliphatic carbocycles. The van der Waals surface area contributed by atoms with E-state index in [-0.39, 0.29) is 17.2 Å². The first-order chi connectivity index (χ1) is 9.59. The van der Waals surface area contributed by atoms with Crippen molar-refractivity contribution in [2.24, 2.45) is 23.7 Å². The number of Topliss-reactive ketones (excluding diaryl/α,β-unsaturated/α-hetero) is 1. The highest BCUT2D eigenvalue weighted by Crippen LogP contribution is 2.58. The van der Waals surface area contributed by atoms with E-state index >= 15 is 0 Å². The number of likely N-dealkylation sites (N-methyl/N-ethyl adjacent to an activating group) is 1. The van der Waals surface area contributed by atoms with E-state index in [0.29, 0.717) is 6.42 Å². The topological polar surface area (TPSA) is 44.1 Å². The van der Waals surface area contributed by atoms with Crippen molar-refractivity contribution < 1.29 is 4.79 Å². The molecule has 0 N–H and O–H groups in total. The third kappa shape index (κ3) is 1.67. The van der Waals surface area contributed by atoms with Crippen LogP contribution in [0.4, 0.5) is 0 Å². The average Bonchev–Trinajstić information content (AvgIpc) is 2.77. The van der Waals surface area contributed by atoms with Gasteiger partial charge in [0, 0.05) is 19.0 Å². The van der Waals surface area contributed by atoms with Gasteiger partial charge in [-0.15, -0.1) is 0 Å². The van der Waals surface area contributed by atoms with Crippen molar-refractivity contribution in [2.75, 3.05) is 7.05 Å². The van der Waals surface area contributed by atoms with Crippen LogP contribution in [0, 0.1) is 35.0 Å². The van der Waals surface area contributed by atoms with Gasteiger partial charge >= 0.3 is 0 Å². The van der Waals surface area contributed by atoms with Gasteiger partial charge in [-0.3, -0.25) is 4.79 Å². The van der Waals surface area contributed by atoms with E-state index in [1.54, 1.807) is 0 Å². The average molecular weight is 270 g/mol. The van der Waals surface area contributed by atoms with Crippen molar-refractivity contribution in [3.05, 3.63) is 11.8 Å². The minimum absolute atomic E-state index is 0.176. The third-order valence-electron chi connectivity index (χ3n) is 6.29. The molecule has 0 aromatic heterocycles. The van der Waals surface area contributed by atoms with Gasteiger partial charge in [-0.25, -0.2) is 0 Å². The molecule has 0 aromatic carbocycles. The Balaban J connectivity index is 1.64. The first kappa shape index (κ1) is 12.4. The molecule has 4 fully saturated rings. The Labute approximate surface area is 120 Å². The second-order valence-corrected chi connectivity index (χ2v) is 7.62. The lowest BCUT2D eigenvalue weighted by Crippen LogP contribution is -2.58. The quantitative estimate of drug-likeness (QED) is 0.775. The molecule has 20 heavy (non-hydrogen) atoms. The number of nitrogens with zero attached hydrogens (tertiary/aromatic N) is 2. The molecular formula is C17H22N2O. The first-order valence-corrected chi connectivity index (χ1v) is 7.98. The van der Waals surface area contributed by atoms with Crippen molar-refractivity contribution in [3.63, 3.8) is 0 Å². The number of allylic oxidation sites excluding steroid dienone is 2. The zero-order valence-corrected chi connectivity index (χ0v) is 12.1. The summed E-state index contributed by atoms with van der Waals surface area (Å²) in [6.07, 6.45) is 10.3. The van der Waals surface area contributed by atoms with Gasteiger partial charge in [0.25, 0.3) is 0 Å². The highest BCUT2D eigenvalue weighted by molar-refractivity contribution is 5.97. The molecule has 1 atom stereocenters. The molecule has 0 heterocycles. The molecular weight excluding hydrogens is 248 g/mol. The summed E-state index contributed by atoms with van der Waals surface area (Å²) >= 11 is 0. The van der Waals surface area contributed by atoms with Crippen molar-refractivity contribution in [1.82, 2.24) is 4.90 Å². The van der Waals surface area contributed by atoms with Gasteiger partial charge in [-0.1, -0.05) is 0 Å². The SMILES string of the molecule is CN(C1=CC(C#N)CC1=O)C12CC3CC(CC(C3)C1)C2. The first-order valence-electron chi connectivity index (χ1n) is 7.98. The van der Waals surface area contributed by atoms with Crippen LogP contribution in [0.5, 0.6) is 0 Å². The molecule has 5 aliphatic rings. The van der Waals surface area contributed by atoms with Crippen LogP contribution in [0.1, 0.15) is 44.9 Å². The minimum atomic E-state index is -0.200. The largest absolute Gasteiger partial charge is 0.366 e. The predicted molar refractivity (Wildman–Crippen MR) is 75.5 cm³/mol. The van der Waals surface area contributed by atoms with Crippen molar-refractivity contribution in [2.45, 2.75) is 50.5 Å². The monoisotopic (exact) mass is 270 g/mol. The molecule has 106 valence electrons. The molecule has 0 spiro atoms. The maximum absolute atomic E-state index is 12.2. The molecule has 1 unspecified atom stereocenters. The Morgan fingerprint density at radius 2 is 1.75 bits per heavy atom. The van der Waals surface area contributed by atoms with Gasteiger partial charge in [0.05, 0.1) is 17.7 Å². The van der Waals surface area contributed by atoms with Gasteiger partial charge in [0.1, 0.15) is 0 Å². The summed E-state index contributed by atoms with van der Waals surface area (Å²) in [5.74, 6) is 2.62. The Morgan fingerprint density at radius 1 is 1.20 bits per heavy atom. The maximum atomic E-state index is 12.2. The lowest BCUT2D eigenvalue weighted by molar-refractivity contribution is -0.119. The molecule has 4 bridgehead atoms. The predicted octanol–water partition coefficient (Wildman–Crippen LogP) is 2.88. The van der Waals surface area contributed by atoms with Crippen LogP contribution >= 0.6 is 0 Å². The summed E-state index contributed by atoms with van der Waals surface area (Å²) in [7, 11) is 2.11. The molecule has 0 amide bonds. The van der Waals surface area contributed by atoms with E-state index in [2.05, 4.69) is 18.0 Å². The van der Waals surface area contributed by atoms with Crippen LogP contribution in [-0.4, -0.2) is 23.3 Å². The van der Waals surface area contributed by atoms with Gasteiger partial charge in [0.15, 0.2) is 5.78 Å². The summed E-state index contributed by atoms with van der Waals surface area (Å²) in [4.78, 5) is 14.5. The van der Waals surface area contributed by atoms with Crippen molar-refractivity contribution in [1.29, 1.82) is 5.26 Å². The Kier molecular flexibility index (Phi) is 2.55. The van der Waals surface area contributed by atoms with Gasteiger partial charge < -0.3 is 4.90 Å². The summed E-state index contributed by atoms with van der Waals surface area (Å²) in [5.41, 5.74) is 1.05. The Hall–Kier alpha value is -1.30. The number of hydrogen-bond donors (Lipinski definition) is 0. The second kappa shape index (κ2) is 4.10. The van der Waals surface area contributed by atoms with E-state index in [0.717, 1.165) is 23.5 Å². The normalized spacial score (nSPS) is 45.4. The fourth-order valence-corrected chi connectivity index (χ4v) is 5.76. The summed E-state index contributed by atoms with van der Waals surface area (Å²) in [6.45, 7) is 0. The standard InChI is InChI=1S/C17H22N2O/c1-19(15-5-14(10-18)6-16(15)20)17-7-11-2-12(8-17)4-13(3-11)9-17/h5,11-14H,2-4,6-9H2,1H3. The molecule has 0 aromatic rings. The van der Waals surface area contributed by atoms with Crippen molar-refractivity contribution >= 4 is 5.78 Å². The molecule has 0 radical (unpaired) electrons. The highest BCUT2D eigenvalue weighted by Gasteiger charge is 2.53. The van der Waals surface area contributed by atoms with E-state index in [1.807, 2.05) is 6.08 Å². The minimum Gasteiger partial charge on any atom is -0.366 e. The fraction of sp³-hybridized carbons (Fsp3) is 0.765.